The number of halogens is 2. The van der Waals surface area contributed by atoms with Crippen molar-refractivity contribution in [2.24, 2.45) is 0 Å². The first-order valence-electron chi connectivity index (χ1n) is 5.23. The van der Waals surface area contributed by atoms with Crippen LogP contribution in [-0.4, -0.2) is 5.11 Å². The van der Waals surface area contributed by atoms with Crippen molar-refractivity contribution in [3.8, 4) is 0 Å². The number of anilines is 2. The van der Waals surface area contributed by atoms with E-state index in [-0.39, 0.29) is 5.02 Å². The van der Waals surface area contributed by atoms with Crippen LogP contribution in [0.4, 0.5) is 15.8 Å². The molecule has 2 N–H and O–H groups in total. The molecule has 5 heteroatoms. The Kier molecular flexibility index (Phi) is 4.12. The summed E-state index contributed by atoms with van der Waals surface area (Å²) in [6, 6.07) is 13.9. The van der Waals surface area contributed by atoms with Crippen LogP contribution in [0, 0.1) is 5.82 Å². The van der Waals surface area contributed by atoms with Crippen LogP contribution < -0.4 is 10.6 Å². The molecular formula is C13H10ClFN2S. The number of thiocarbonyl (C=S) groups is 1. The molecule has 2 aromatic rings. The van der Waals surface area contributed by atoms with E-state index in [0.29, 0.717) is 10.8 Å². The number of hydrogen-bond acceptors (Lipinski definition) is 1. The summed E-state index contributed by atoms with van der Waals surface area (Å²) >= 11 is 10.7. The van der Waals surface area contributed by atoms with Crippen molar-refractivity contribution in [1.29, 1.82) is 0 Å². The molecule has 0 amide bonds. The Morgan fingerprint density at radius 2 is 1.67 bits per heavy atom. The van der Waals surface area contributed by atoms with Gasteiger partial charge in [0.1, 0.15) is 5.82 Å². The molecule has 2 rings (SSSR count). The molecule has 0 fully saturated rings. The molecule has 0 saturated heterocycles. The van der Waals surface area contributed by atoms with Gasteiger partial charge in [-0.1, -0.05) is 29.8 Å². The third kappa shape index (κ3) is 3.42. The van der Waals surface area contributed by atoms with Crippen molar-refractivity contribution >= 4 is 40.3 Å². The van der Waals surface area contributed by atoms with Gasteiger partial charge in [0.25, 0.3) is 0 Å². The second-order valence-electron chi connectivity index (χ2n) is 3.57. The second-order valence-corrected chi connectivity index (χ2v) is 4.39. The van der Waals surface area contributed by atoms with Gasteiger partial charge in [-0.05, 0) is 42.5 Å². The predicted octanol–water partition coefficient (Wildman–Crippen LogP) is 4.29. The zero-order valence-corrected chi connectivity index (χ0v) is 10.9. The summed E-state index contributed by atoms with van der Waals surface area (Å²) in [5, 5.41) is 6.35. The van der Waals surface area contributed by atoms with Crippen LogP contribution in [0.25, 0.3) is 0 Å². The normalized spacial score (nSPS) is 9.89. The zero-order valence-electron chi connectivity index (χ0n) is 9.28. The SMILES string of the molecule is Fc1cc(NC(=S)Nc2ccccc2)ccc1Cl. The van der Waals surface area contributed by atoms with Crippen molar-refractivity contribution in [3.63, 3.8) is 0 Å². The molecule has 18 heavy (non-hydrogen) atoms. The lowest BCUT2D eigenvalue weighted by molar-refractivity contribution is 0.629. The maximum Gasteiger partial charge on any atom is 0.175 e. The summed E-state index contributed by atoms with van der Waals surface area (Å²) < 4.78 is 13.2. The average molecular weight is 281 g/mol. The zero-order chi connectivity index (χ0) is 13.0. The van der Waals surface area contributed by atoms with Crippen molar-refractivity contribution in [1.82, 2.24) is 0 Å². The van der Waals surface area contributed by atoms with Crippen molar-refractivity contribution in [3.05, 3.63) is 59.4 Å². The quantitative estimate of drug-likeness (QED) is 0.803. The highest BCUT2D eigenvalue weighted by Crippen LogP contribution is 2.18. The summed E-state index contributed by atoms with van der Waals surface area (Å²) in [5.74, 6) is -0.482. The molecule has 0 heterocycles. The van der Waals surface area contributed by atoms with E-state index >= 15 is 0 Å². The van der Waals surface area contributed by atoms with E-state index in [2.05, 4.69) is 10.6 Å². The van der Waals surface area contributed by atoms with E-state index in [1.165, 1.54) is 12.1 Å². The van der Waals surface area contributed by atoms with Gasteiger partial charge in [0.2, 0.25) is 0 Å². The average Bonchev–Trinajstić information content (AvgIpc) is 2.35. The Bertz CT molecular complexity index is 560. The Morgan fingerprint density at radius 3 is 2.33 bits per heavy atom. The molecule has 0 saturated carbocycles. The van der Waals surface area contributed by atoms with Crippen LogP contribution in [0.5, 0.6) is 0 Å². The van der Waals surface area contributed by atoms with E-state index in [0.717, 1.165) is 5.69 Å². The van der Waals surface area contributed by atoms with Crippen LogP contribution in [0.3, 0.4) is 0 Å². The first-order valence-corrected chi connectivity index (χ1v) is 6.02. The molecule has 0 aromatic heterocycles. The Balaban J connectivity index is 2.01. The molecular weight excluding hydrogens is 271 g/mol. The fourth-order valence-corrected chi connectivity index (χ4v) is 1.74. The monoisotopic (exact) mass is 280 g/mol. The van der Waals surface area contributed by atoms with Crippen LogP contribution in [0.1, 0.15) is 0 Å². The smallest absolute Gasteiger partial charge is 0.175 e. The van der Waals surface area contributed by atoms with Gasteiger partial charge in [0.05, 0.1) is 5.02 Å². The lowest BCUT2D eigenvalue weighted by atomic mass is 10.3. The largest absolute Gasteiger partial charge is 0.332 e. The van der Waals surface area contributed by atoms with Gasteiger partial charge in [-0.3, -0.25) is 0 Å². The van der Waals surface area contributed by atoms with Gasteiger partial charge in [0, 0.05) is 11.4 Å². The number of rotatable bonds is 2. The van der Waals surface area contributed by atoms with Gasteiger partial charge in [-0.2, -0.15) is 0 Å². The predicted molar refractivity (Wildman–Crippen MR) is 77.7 cm³/mol. The minimum absolute atomic E-state index is 0.0856. The van der Waals surface area contributed by atoms with Gasteiger partial charge in [-0.15, -0.1) is 0 Å². The molecule has 0 aliphatic carbocycles. The minimum Gasteiger partial charge on any atom is -0.332 e. The molecule has 92 valence electrons. The highest BCUT2D eigenvalue weighted by atomic mass is 35.5. The molecule has 0 bridgehead atoms. The fraction of sp³-hybridized carbons (Fsp3) is 0. The van der Waals surface area contributed by atoms with Crippen molar-refractivity contribution in [2.45, 2.75) is 0 Å². The first-order chi connectivity index (χ1) is 8.65. The first kappa shape index (κ1) is 12.8. The third-order valence-electron chi connectivity index (χ3n) is 2.21. The molecule has 2 aromatic carbocycles. The fourth-order valence-electron chi connectivity index (χ4n) is 1.39. The highest BCUT2D eigenvalue weighted by Gasteiger charge is 2.02. The van der Waals surface area contributed by atoms with Gasteiger partial charge < -0.3 is 10.6 Å². The van der Waals surface area contributed by atoms with E-state index < -0.39 is 5.82 Å². The van der Waals surface area contributed by atoms with Crippen LogP contribution in [-0.2, 0) is 0 Å². The molecule has 0 atom stereocenters. The second kappa shape index (κ2) is 5.80. The Labute approximate surface area is 115 Å². The molecule has 0 aliphatic heterocycles. The summed E-state index contributed by atoms with van der Waals surface area (Å²) in [6.45, 7) is 0. The van der Waals surface area contributed by atoms with Crippen LogP contribution in [0.15, 0.2) is 48.5 Å². The lowest BCUT2D eigenvalue weighted by Crippen LogP contribution is -2.19. The summed E-state index contributed by atoms with van der Waals surface area (Å²) in [4.78, 5) is 0. The maximum absolute atomic E-state index is 13.2. The third-order valence-corrected chi connectivity index (χ3v) is 2.72. The minimum atomic E-state index is -0.482. The van der Waals surface area contributed by atoms with E-state index in [4.69, 9.17) is 23.8 Å². The molecule has 2 nitrogen and oxygen atoms in total. The number of hydrogen-bond donors (Lipinski definition) is 2. The highest BCUT2D eigenvalue weighted by molar-refractivity contribution is 7.80. The standard InChI is InChI=1S/C13H10ClFN2S/c14-11-7-6-10(8-12(11)15)17-13(18)16-9-4-2-1-3-5-9/h1-8H,(H2,16,17,18). The van der Waals surface area contributed by atoms with E-state index in [1.54, 1.807) is 6.07 Å². The van der Waals surface area contributed by atoms with E-state index in [1.807, 2.05) is 30.3 Å². The molecule has 0 radical (unpaired) electrons. The lowest BCUT2D eigenvalue weighted by Gasteiger charge is -2.10. The maximum atomic E-state index is 13.2. The van der Waals surface area contributed by atoms with Gasteiger partial charge in [-0.25, -0.2) is 4.39 Å². The summed E-state index contributed by atoms with van der Waals surface area (Å²) in [5.41, 5.74) is 1.41. The van der Waals surface area contributed by atoms with Crippen LogP contribution >= 0.6 is 23.8 Å². The molecule has 0 unspecified atom stereocenters. The number of benzene rings is 2. The van der Waals surface area contributed by atoms with Crippen molar-refractivity contribution in [2.75, 3.05) is 10.6 Å². The molecule has 0 aliphatic rings. The molecule has 0 spiro atoms. The van der Waals surface area contributed by atoms with Crippen molar-refractivity contribution < 1.29 is 4.39 Å². The summed E-state index contributed by atoms with van der Waals surface area (Å²) in [6.07, 6.45) is 0. The van der Waals surface area contributed by atoms with E-state index in [9.17, 15) is 4.39 Å². The Hall–Kier alpha value is -1.65. The topological polar surface area (TPSA) is 24.1 Å². The van der Waals surface area contributed by atoms with Gasteiger partial charge in [0.15, 0.2) is 5.11 Å². The summed E-state index contributed by atoms with van der Waals surface area (Å²) in [7, 11) is 0. The number of para-hydroxylation sites is 1. The van der Waals surface area contributed by atoms with Gasteiger partial charge >= 0.3 is 0 Å². The Morgan fingerprint density at radius 1 is 1.00 bits per heavy atom. The van der Waals surface area contributed by atoms with Crippen LogP contribution in [0.2, 0.25) is 5.02 Å². The number of nitrogens with one attached hydrogen (secondary N) is 2.